The van der Waals surface area contributed by atoms with Gasteiger partial charge in [0.1, 0.15) is 0 Å². The zero-order valence-electron chi connectivity index (χ0n) is 7.69. The highest BCUT2D eigenvalue weighted by Crippen LogP contribution is 2.03. The minimum atomic E-state index is 0.206. The summed E-state index contributed by atoms with van der Waals surface area (Å²) in [7, 11) is 0. The number of aliphatic hydroxyl groups is 2. The van der Waals surface area contributed by atoms with E-state index in [1.54, 1.807) is 6.33 Å². The fourth-order valence-electron chi connectivity index (χ4n) is 1.26. The summed E-state index contributed by atoms with van der Waals surface area (Å²) in [5.41, 5.74) is 1.13. The Hall–Kier alpha value is -0.870. The first kappa shape index (κ1) is 10.2. The summed E-state index contributed by atoms with van der Waals surface area (Å²) in [5, 5.41) is 17.3. The Kier molecular flexibility index (Phi) is 4.49. The predicted octanol–water partition coefficient (Wildman–Crippen LogP) is 0.190. The summed E-state index contributed by atoms with van der Waals surface area (Å²) in [6.45, 7) is 1.22. The molecular formula is C9H16N2O2. The number of rotatable bonds is 6. The van der Waals surface area contributed by atoms with Crippen LogP contribution in [0.5, 0.6) is 0 Å². The van der Waals surface area contributed by atoms with Crippen molar-refractivity contribution in [1.29, 1.82) is 0 Å². The Bertz CT molecular complexity index is 213. The average Bonchev–Trinajstić information content (AvgIpc) is 2.59. The molecule has 0 spiro atoms. The van der Waals surface area contributed by atoms with Crippen LogP contribution in [0.4, 0.5) is 0 Å². The summed E-state index contributed by atoms with van der Waals surface area (Å²) < 4.78 is 2.02. The van der Waals surface area contributed by atoms with Crippen molar-refractivity contribution in [3.8, 4) is 0 Å². The summed E-state index contributed by atoms with van der Waals surface area (Å²) in [6.07, 6.45) is 5.95. The molecule has 2 N–H and O–H groups in total. The third kappa shape index (κ3) is 3.16. The molecule has 0 radical (unpaired) electrons. The van der Waals surface area contributed by atoms with Gasteiger partial charge in [-0.05, 0) is 19.3 Å². The Morgan fingerprint density at radius 1 is 1.23 bits per heavy atom. The van der Waals surface area contributed by atoms with Crippen LogP contribution in [0.2, 0.25) is 0 Å². The lowest BCUT2D eigenvalue weighted by atomic mass is 10.2. The van der Waals surface area contributed by atoms with Gasteiger partial charge in [-0.2, -0.15) is 0 Å². The van der Waals surface area contributed by atoms with E-state index in [0.29, 0.717) is 0 Å². The highest BCUT2D eigenvalue weighted by atomic mass is 16.3. The van der Waals surface area contributed by atoms with E-state index in [2.05, 4.69) is 4.98 Å². The Morgan fingerprint density at radius 3 is 2.69 bits per heavy atom. The minimum Gasteiger partial charge on any atom is -0.396 e. The van der Waals surface area contributed by atoms with Crippen LogP contribution in [0, 0.1) is 0 Å². The highest BCUT2D eigenvalue weighted by molar-refractivity contribution is 4.98. The van der Waals surface area contributed by atoms with Gasteiger partial charge in [-0.25, -0.2) is 4.98 Å². The monoisotopic (exact) mass is 184 g/mol. The summed E-state index contributed by atoms with van der Waals surface area (Å²) in [5.74, 6) is 0. The molecule has 0 saturated carbocycles. The van der Waals surface area contributed by atoms with E-state index < -0.39 is 0 Å². The Labute approximate surface area is 77.8 Å². The molecule has 0 unspecified atom stereocenters. The fraction of sp³-hybridized carbons (Fsp3) is 0.667. The quantitative estimate of drug-likeness (QED) is 0.663. The van der Waals surface area contributed by atoms with Crippen LogP contribution in [-0.4, -0.2) is 33.0 Å². The molecule has 0 aliphatic heterocycles. The van der Waals surface area contributed by atoms with Gasteiger partial charge < -0.3 is 14.8 Å². The largest absolute Gasteiger partial charge is 0.396 e. The normalized spacial score (nSPS) is 10.6. The van der Waals surface area contributed by atoms with Crippen molar-refractivity contribution in [2.75, 3.05) is 13.2 Å². The molecule has 4 heteroatoms. The Balaban J connectivity index is 2.45. The number of aryl methyl sites for hydroxylation is 2. The summed E-state index contributed by atoms with van der Waals surface area (Å²) in [6, 6.07) is 0. The second-order valence-corrected chi connectivity index (χ2v) is 2.98. The van der Waals surface area contributed by atoms with Crippen LogP contribution in [0.3, 0.4) is 0 Å². The first-order chi connectivity index (χ1) is 6.38. The van der Waals surface area contributed by atoms with E-state index in [1.807, 2.05) is 10.8 Å². The van der Waals surface area contributed by atoms with Crippen LogP contribution < -0.4 is 0 Å². The maximum atomic E-state index is 8.66. The van der Waals surface area contributed by atoms with Crippen molar-refractivity contribution >= 4 is 0 Å². The lowest BCUT2D eigenvalue weighted by Gasteiger charge is -2.05. The molecule has 0 fully saturated rings. The number of imidazole rings is 1. The van der Waals surface area contributed by atoms with Gasteiger partial charge in [-0.1, -0.05) is 0 Å². The number of hydrogen-bond acceptors (Lipinski definition) is 3. The van der Waals surface area contributed by atoms with Gasteiger partial charge in [-0.15, -0.1) is 0 Å². The van der Waals surface area contributed by atoms with Crippen LogP contribution in [0.1, 0.15) is 18.5 Å². The molecule has 0 atom stereocenters. The first-order valence-corrected chi connectivity index (χ1v) is 4.59. The third-order valence-corrected chi connectivity index (χ3v) is 1.95. The molecule has 0 aliphatic rings. The standard InChI is InChI=1S/C9H16N2O2/c12-5-1-3-9-7-10-8-11(9)4-2-6-13/h7-8,12-13H,1-6H2. The topological polar surface area (TPSA) is 58.3 Å². The Morgan fingerprint density at radius 2 is 2.00 bits per heavy atom. The molecule has 0 saturated heterocycles. The van der Waals surface area contributed by atoms with Crippen molar-refractivity contribution < 1.29 is 10.2 Å². The zero-order chi connectivity index (χ0) is 9.52. The smallest absolute Gasteiger partial charge is 0.0948 e. The SMILES string of the molecule is OCCCc1cncn1CCCO. The molecule has 4 nitrogen and oxygen atoms in total. The van der Waals surface area contributed by atoms with Crippen molar-refractivity contribution in [3.05, 3.63) is 18.2 Å². The van der Waals surface area contributed by atoms with Gasteiger partial charge in [0.05, 0.1) is 6.33 Å². The van der Waals surface area contributed by atoms with E-state index in [4.69, 9.17) is 10.2 Å². The molecule has 1 aromatic heterocycles. The van der Waals surface area contributed by atoms with Gasteiger partial charge in [0, 0.05) is 31.6 Å². The molecule has 1 rings (SSSR count). The highest BCUT2D eigenvalue weighted by Gasteiger charge is 2.00. The molecule has 74 valence electrons. The van der Waals surface area contributed by atoms with E-state index in [1.165, 1.54) is 0 Å². The van der Waals surface area contributed by atoms with E-state index in [-0.39, 0.29) is 13.2 Å². The maximum Gasteiger partial charge on any atom is 0.0948 e. The molecule has 0 amide bonds. The van der Waals surface area contributed by atoms with Crippen molar-refractivity contribution in [2.24, 2.45) is 0 Å². The van der Waals surface area contributed by atoms with E-state index in [9.17, 15) is 0 Å². The summed E-state index contributed by atoms with van der Waals surface area (Å²) >= 11 is 0. The van der Waals surface area contributed by atoms with Crippen molar-refractivity contribution in [2.45, 2.75) is 25.8 Å². The van der Waals surface area contributed by atoms with Gasteiger partial charge in [-0.3, -0.25) is 0 Å². The predicted molar refractivity (Wildman–Crippen MR) is 49.3 cm³/mol. The summed E-state index contributed by atoms with van der Waals surface area (Å²) in [4.78, 5) is 4.03. The molecule has 0 aliphatic carbocycles. The van der Waals surface area contributed by atoms with Gasteiger partial charge >= 0.3 is 0 Å². The van der Waals surface area contributed by atoms with Gasteiger partial charge in [0.2, 0.25) is 0 Å². The van der Waals surface area contributed by atoms with E-state index in [0.717, 1.165) is 31.5 Å². The maximum absolute atomic E-state index is 8.66. The van der Waals surface area contributed by atoms with Crippen LogP contribution >= 0.6 is 0 Å². The number of aromatic nitrogens is 2. The number of hydrogen-bond donors (Lipinski definition) is 2. The molecule has 0 bridgehead atoms. The van der Waals surface area contributed by atoms with Gasteiger partial charge in [0.15, 0.2) is 0 Å². The van der Waals surface area contributed by atoms with E-state index >= 15 is 0 Å². The number of nitrogens with zero attached hydrogens (tertiary/aromatic N) is 2. The lowest BCUT2D eigenvalue weighted by molar-refractivity contribution is 0.276. The third-order valence-electron chi connectivity index (χ3n) is 1.95. The average molecular weight is 184 g/mol. The molecule has 1 heterocycles. The van der Waals surface area contributed by atoms with Crippen LogP contribution in [0.15, 0.2) is 12.5 Å². The van der Waals surface area contributed by atoms with Gasteiger partial charge in [0.25, 0.3) is 0 Å². The zero-order valence-corrected chi connectivity index (χ0v) is 7.69. The second-order valence-electron chi connectivity index (χ2n) is 2.98. The molecule has 1 aromatic rings. The van der Waals surface area contributed by atoms with Crippen LogP contribution in [-0.2, 0) is 13.0 Å². The van der Waals surface area contributed by atoms with Crippen molar-refractivity contribution in [3.63, 3.8) is 0 Å². The molecule has 0 aromatic carbocycles. The first-order valence-electron chi connectivity index (χ1n) is 4.59. The molecule has 13 heavy (non-hydrogen) atoms. The molecular weight excluding hydrogens is 168 g/mol. The lowest BCUT2D eigenvalue weighted by Crippen LogP contribution is -2.04. The second kappa shape index (κ2) is 5.72. The minimum absolute atomic E-state index is 0.206. The van der Waals surface area contributed by atoms with Crippen LogP contribution in [0.25, 0.3) is 0 Å². The fourth-order valence-corrected chi connectivity index (χ4v) is 1.26. The van der Waals surface area contributed by atoms with Crippen molar-refractivity contribution in [1.82, 2.24) is 9.55 Å². The number of aliphatic hydroxyl groups excluding tert-OH is 2.